The molecule has 2 aliphatic rings. The summed E-state index contributed by atoms with van der Waals surface area (Å²) in [5.74, 6) is 1.97. The Kier molecular flexibility index (Phi) is 7.54. The van der Waals surface area contributed by atoms with Crippen molar-refractivity contribution in [3.8, 4) is 0 Å². The van der Waals surface area contributed by atoms with E-state index in [4.69, 9.17) is 4.74 Å². The van der Waals surface area contributed by atoms with Crippen LogP contribution in [0.25, 0.3) is 0 Å². The minimum atomic E-state index is 0.974. The first kappa shape index (κ1) is 14.7. The second-order valence-electron chi connectivity index (χ2n) is 5.26. The molecule has 0 atom stereocenters. The summed E-state index contributed by atoms with van der Waals surface area (Å²) in [7, 11) is 2.24. The van der Waals surface area contributed by atoms with Crippen molar-refractivity contribution in [1.82, 2.24) is 4.90 Å². The molecule has 0 saturated carbocycles. The molecule has 0 spiro atoms. The minimum absolute atomic E-state index is 0.974. The Morgan fingerprint density at radius 3 is 1.82 bits per heavy atom. The molecule has 0 bridgehead atoms. The van der Waals surface area contributed by atoms with Crippen molar-refractivity contribution >= 4 is 0 Å². The second-order valence-corrected chi connectivity index (χ2v) is 5.26. The Morgan fingerprint density at radius 2 is 1.35 bits per heavy atom. The van der Waals surface area contributed by atoms with Gasteiger partial charge in [0.05, 0.1) is 0 Å². The van der Waals surface area contributed by atoms with Gasteiger partial charge in [0.25, 0.3) is 0 Å². The van der Waals surface area contributed by atoms with Gasteiger partial charge in [0.2, 0.25) is 0 Å². The van der Waals surface area contributed by atoms with E-state index in [0.717, 1.165) is 25.0 Å². The summed E-state index contributed by atoms with van der Waals surface area (Å²) < 4.78 is 5.40. The summed E-state index contributed by atoms with van der Waals surface area (Å²) in [5.41, 5.74) is 0. The quantitative estimate of drug-likeness (QED) is 0.651. The normalized spacial score (nSPS) is 24.6. The van der Waals surface area contributed by atoms with Crippen molar-refractivity contribution in [3.05, 3.63) is 12.2 Å². The fourth-order valence-electron chi connectivity index (χ4n) is 2.69. The lowest BCUT2D eigenvalue weighted by atomic mass is 9.80. The Labute approximate surface area is 107 Å². The highest BCUT2D eigenvalue weighted by Crippen LogP contribution is 2.31. The highest BCUT2D eigenvalue weighted by Gasteiger charge is 2.26. The average Bonchev–Trinajstić information content (AvgIpc) is 2.41. The van der Waals surface area contributed by atoms with Crippen LogP contribution in [-0.4, -0.2) is 38.3 Å². The highest BCUT2D eigenvalue weighted by molar-refractivity contribution is 4.78. The van der Waals surface area contributed by atoms with Gasteiger partial charge in [-0.1, -0.05) is 12.2 Å². The van der Waals surface area contributed by atoms with Crippen molar-refractivity contribution < 1.29 is 4.74 Å². The Hall–Kier alpha value is -0.340. The number of piperidine rings is 1. The molecule has 2 aliphatic heterocycles. The lowest BCUT2D eigenvalue weighted by Crippen LogP contribution is -2.35. The number of likely N-dealkylation sites (tertiary alicyclic amines) is 1. The third kappa shape index (κ3) is 5.69. The van der Waals surface area contributed by atoms with Gasteiger partial charge in [-0.3, -0.25) is 0 Å². The van der Waals surface area contributed by atoms with Crippen LogP contribution in [0.2, 0.25) is 0 Å². The van der Waals surface area contributed by atoms with Gasteiger partial charge in [-0.05, 0) is 71.5 Å². The summed E-state index contributed by atoms with van der Waals surface area (Å²) in [6.07, 6.45) is 9.46. The fourth-order valence-corrected chi connectivity index (χ4v) is 2.69. The van der Waals surface area contributed by atoms with Gasteiger partial charge < -0.3 is 9.64 Å². The van der Waals surface area contributed by atoms with E-state index < -0.39 is 0 Å². The van der Waals surface area contributed by atoms with Crippen LogP contribution in [0.3, 0.4) is 0 Å². The van der Waals surface area contributed by atoms with Gasteiger partial charge in [0.1, 0.15) is 0 Å². The maximum absolute atomic E-state index is 5.40. The molecule has 2 nitrogen and oxygen atoms in total. The number of hydrogen-bond donors (Lipinski definition) is 0. The Balaban J connectivity index is 0.000000317. The van der Waals surface area contributed by atoms with E-state index in [1.807, 2.05) is 26.0 Å². The van der Waals surface area contributed by atoms with E-state index in [2.05, 4.69) is 11.9 Å². The molecule has 2 fully saturated rings. The largest absolute Gasteiger partial charge is 0.381 e. The van der Waals surface area contributed by atoms with E-state index in [0.29, 0.717) is 0 Å². The Morgan fingerprint density at radius 1 is 0.882 bits per heavy atom. The molecule has 0 aromatic rings. The fraction of sp³-hybridized carbons (Fsp3) is 0.867. The summed E-state index contributed by atoms with van der Waals surface area (Å²) in [5, 5.41) is 0. The average molecular weight is 239 g/mol. The van der Waals surface area contributed by atoms with Crippen LogP contribution in [0.1, 0.15) is 39.5 Å². The molecule has 2 heterocycles. The van der Waals surface area contributed by atoms with Gasteiger partial charge in [-0.15, -0.1) is 0 Å². The third-order valence-corrected chi connectivity index (χ3v) is 4.03. The van der Waals surface area contributed by atoms with Gasteiger partial charge >= 0.3 is 0 Å². The van der Waals surface area contributed by atoms with Crippen LogP contribution >= 0.6 is 0 Å². The molecule has 100 valence electrons. The van der Waals surface area contributed by atoms with Crippen LogP contribution in [0, 0.1) is 11.8 Å². The minimum Gasteiger partial charge on any atom is -0.381 e. The lowest BCUT2D eigenvalue weighted by Gasteiger charge is -2.36. The van der Waals surface area contributed by atoms with Gasteiger partial charge in [0.15, 0.2) is 0 Å². The summed E-state index contributed by atoms with van der Waals surface area (Å²) in [4.78, 5) is 2.45. The number of nitrogens with zero attached hydrogens (tertiary/aromatic N) is 1. The van der Waals surface area contributed by atoms with E-state index in [1.165, 1.54) is 38.8 Å². The summed E-state index contributed by atoms with van der Waals surface area (Å²) in [6, 6.07) is 0. The molecule has 2 rings (SSSR count). The molecular weight excluding hydrogens is 210 g/mol. The van der Waals surface area contributed by atoms with Crippen LogP contribution in [0.5, 0.6) is 0 Å². The van der Waals surface area contributed by atoms with Crippen molar-refractivity contribution in [2.45, 2.75) is 39.5 Å². The zero-order chi connectivity index (χ0) is 12.5. The maximum atomic E-state index is 5.40. The lowest BCUT2D eigenvalue weighted by molar-refractivity contribution is 0.0329. The molecule has 0 amide bonds. The van der Waals surface area contributed by atoms with Gasteiger partial charge in [-0.2, -0.15) is 0 Å². The zero-order valence-corrected chi connectivity index (χ0v) is 11.8. The second kappa shape index (κ2) is 8.71. The first-order valence-corrected chi connectivity index (χ1v) is 7.11. The molecule has 2 heteroatoms. The van der Waals surface area contributed by atoms with E-state index >= 15 is 0 Å². The maximum Gasteiger partial charge on any atom is 0.0468 e. The molecule has 0 unspecified atom stereocenters. The van der Waals surface area contributed by atoms with E-state index in [9.17, 15) is 0 Å². The van der Waals surface area contributed by atoms with E-state index in [-0.39, 0.29) is 0 Å². The molecule has 0 aromatic heterocycles. The number of rotatable bonds is 1. The number of allylic oxidation sites excluding steroid dienone is 2. The van der Waals surface area contributed by atoms with Crippen LogP contribution in [0.4, 0.5) is 0 Å². The predicted molar refractivity (Wildman–Crippen MR) is 74.3 cm³/mol. The van der Waals surface area contributed by atoms with Crippen LogP contribution in [-0.2, 0) is 4.74 Å². The predicted octanol–water partition coefficient (Wildman–Crippen LogP) is 3.34. The van der Waals surface area contributed by atoms with Crippen molar-refractivity contribution in [1.29, 1.82) is 0 Å². The zero-order valence-electron chi connectivity index (χ0n) is 11.8. The molecule has 0 radical (unpaired) electrons. The smallest absolute Gasteiger partial charge is 0.0468 e. The first-order valence-electron chi connectivity index (χ1n) is 7.11. The Bertz CT molecular complexity index is 197. The third-order valence-electron chi connectivity index (χ3n) is 4.03. The standard InChI is InChI=1S/C11H21NO.C4H8/c1-12-6-2-10(3-7-12)11-4-8-13-9-5-11;1-3-4-2/h10-11H,2-9H2,1H3;3-4H,1-2H3. The van der Waals surface area contributed by atoms with Gasteiger partial charge in [0, 0.05) is 13.2 Å². The number of hydrogen-bond acceptors (Lipinski definition) is 2. The SMILES string of the molecule is CC=CC.CN1CCC(C2CCOCC2)CC1. The molecule has 17 heavy (non-hydrogen) atoms. The first-order chi connectivity index (χ1) is 8.27. The molecule has 0 aromatic carbocycles. The molecule has 0 N–H and O–H groups in total. The van der Waals surface area contributed by atoms with Crippen LogP contribution in [0.15, 0.2) is 12.2 Å². The molecule has 0 aliphatic carbocycles. The highest BCUT2D eigenvalue weighted by atomic mass is 16.5. The topological polar surface area (TPSA) is 12.5 Å². The number of ether oxygens (including phenoxy) is 1. The van der Waals surface area contributed by atoms with Crippen LogP contribution < -0.4 is 0 Å². The van der Waals surface area contributed by atoms with Gasteiger partial charge in [-0.25, -0.2) is 0 Å². The van der Waals surface area contributed by atoms with E-state index in [1.54, 1.807) is 0 Å². The van der Waals surface area contributed by atoms with Crippen molar-refractivity contribution in [2.75, 3.05) is 33.4 Å². The monoisotopic (exact) mass is 239 g/mol. The molecular formula is C15H29NO. The van der Waals surface area contributed by atoms with Crippen molar-refractivity contribution in [3.63, 3.8) is 0 Å². The summed E-state index contributed by atoms with van der Waals surface area (Å²) >= 11 is 0. The summed E-state index contributed by atoms with van der Waals surface area (Å²) in [6.45, 7) is 8.64. The molecule has 2 saturated heterocycles. The van der Waals surface area contributed by atoms with Crippen molar-refractivity contribution in [2.24, 2.45) is 11.8 Å².